The van der Waals surface area contributed by atoms with Crippen molar-refractivity contribution in [1.82, 2.24) is 4.31 Å². The first-order valence-corrected chi connectivity index (χ1v) is 10.4. The summed E-state index contributed by atoms with van der Waals surface area (Å²) in [5.41, 5.74) is 0.902. The highest BCUT2D eigenvalue weighted by molar-refractivity contribution is 7.99. The molecule has 21 heavy (non-hydrogen) atoms. The number of thioether (sulfide) groups is 1. The lowest BCUT2D eigenvalue weighted by Gasteiger charge is -2.37. The zero-order chi connectivity index (χ0) is 15.2. The first-order valence-electron chi connectivity index (χ1n) is 7.26. The van der Waals surface area contributed by atoms with Crippen LogP contribution < -0.4 is 0 Å². The molecule has 2 aliphatic heterocycles. The van der Waals surface area contributed by atoms with Crippen molar-refractivity contribution in [3.8, 4) is 0 Å². The number of nitrogens with zero attached hydrogens (tertiary/aromatic N) is 1. The third-order valence-corrected chi connectivity index (χ3v) is 8.13. The minimum Gasteiger partial charge on any atom is -0.207 e. The molecule has 0 spiro atoms. The van der Waals surface area contributed by atoms with Gasteiger partial charge in [0.15, 0.2) is 0 Å². The molecule has 0 radical (unpaired) electrons. The molecule has 3 rings (SSSR count). The number of piperidine rings is 1. The second-order valence-corrected chi connectivity index (χ2v) is 9.35. The first-order chi connectivity index (χ1) is 9.93. The van der Waals surface area contributed by atoms with Gasteiger partial charge in [-0.25, -0.2) is 8.42 Å². The van der Waals surface area contributed by atoms with Crippen molar-refractivity contribution in [2.75, 3.05) is 6.26 Å². The lowest BCUT2D eigenvalue weighted by Crippen LogP contribution is -2.47. The van der Waals surface area contributed by atoms with Crippen molar-refractivity contribution in [2.24, 2.45) is 0 Å². The molecule has 0 amide bonds. The number of benzene rings is 1. The Morgan fingerprint density at radius 1 is 1.24 bits per heavy atom. The van der Waals surface area contributed by atoms with Gasteiger partial charge in [0, 0.05) is 22.4 Å². The summed E-state index contributed by atoms with van der Waals surface area (Å²) >= 11 is 7.97. The van der Waals surface area contributed by atoms with Gasteiger partial charge in [-0.2, -0.15) is 16.1 Å². The Bertz CT molecular complexity index is 633. The van der Waals surface area contributed by atoms with Crippen LogP contribution in [0.1, 0.15) is 31.2 Å². The van der Waals surface area contributed by atoms with Gasteiger partial charge in [-0.15, -0.1) is 0 Å². The third kappa shape index (κ3) is 2.74. The van der Waals surface area contributed by atoms with Crippen LogP contribution in [0.4, 0.5) is 0 Å². The highest BCUT2D eigenvalue weighted by atomic mass is 35.5. The molecule has 2 heterocycles. The number of halogens is 1. The average molecular weight is 346 g/mol. The average Bonchev–Trinajstić information content (AvgIpc) is 2.74. The Morgan fingerprint density at radius 2 is 1.86 bits per heavy atom. The van der Waals surface area contributed by atoms with E-state index >= 15 is 0 Å². The molecule has 2 saturated heterocycles. The van der Waals surface area contributed by atoms with E-state index in [1.54, 1.807) is 22.5 Å². The first kappa shape index (κ1) is 15.7. The van der Waals surface area contributed by atoms with Gasteiger partial charge < -0.3 is 0 Å². The van der Waals surface area contributed by atoms with E-state index in [0.717, 1.165) is 31.2 Å². The van der Waals surface area contributed by atoms with Crippen LogP contribution in [0.15, 0.2) is 23.1 Å². The predicted octanol–water partition coefficient (Wildman–Crippen LogP) is 3.70. The zero-order valence-electron chi connectivity index (χ0n) is 12.3. The third-order valence-electron chi connectivity index (χ3n) is 4.67. The van der Waals surface area contributed by atoms with Crippen LogP contribution in [0.25, 0.3) is 0 Å². The summed E-state index contributed by atoms with van der Waals surface area (Å²) in [6, 6.07) is 5.37. The Balaban J connectivity index is 1.94. The van der Waals surface area contributed by atoms with Crippen molar-refractivity contribution in [1.29, 1.82) is 0 Å². The summed E-state index contributed by atoms with van der Waals surface area (Å²) in [4.78, 5) is 0.331. The van der Waals surface area contributed by atoms with E-state index in [0.29, 0.717) is 15.2 Å². The van der Waals surface area contributed by atoms with E-state index in [9.17, 15) is 8.42 Å². The second-order valence-electron chi connectivity index (χ2n) is 5.96. The summed E-state index contributed by atoms with van der Waals surface area (Å²) in [7, 11) is -3.43. The van der Waals surface area contributed by atoms with Gasteiger partial charge in [-0.05, 0) is 56.6 Å². The fraction of sp³-hybridized carbons (Fsp3) is 0.600. The fourth-order valence-electron chi connectivity index (χ4n) is 3.52. The van der Waals surface area contributed by atoms with E-state index < -0.39 is 10.0 Å². The molecule has 0 aliphatic carbocycles. The minimum absolute atomic E-state index is 0.159. The van der Waals surface area contributed by atoms with Crippen LogP contribution in [-0.4, -0.2) is 36.3 Å². The second kappa shape index (κ2) is 5.76. The van der Waals surface area contributed by atoms with E-state index in [4.69, 9.17) is 11.6 Å². The monoisotopic (exact) mass is 345 g/mol. The molecule has 0 saturated carbocycles. The number of hydrogen-bond donors (Lipinski definition) is 0. The van der Waals surface area contributed by atoms with Gasteiger partial charge in [0.1, 0.15) is 0 Å². The summed E-state index contributed by atoms with van der Waals surface area (Å²) in [5, 5.41) is 1.11. The molecular weight excluding hydrogens is 326 g/mol. The van der Waals surface area contributed by atoms with Crippen molar-refractivity contribution in [3.05, 3.63) is 28.8 Å². The number of rotatable bonds is 3. The van der Waals surface area contributed by atoms with Crippen LogP contribution in [-0.2, 0) is 10.0 Å². The summed E-state index contributed by atoms with van der Waals surface area (Å²) in [6.45, 7) is 1.88. The lowest BCUT2D eigenvalue weighted by molar-refractivity contribution is 0.253. The minimum atomic E-state index is -3.43. The molecule has 116 valence electrons. The van der Waals surface area contributed by atoms with Crippen molar-refractivity contribution >= 4 is 33.4 Å². The van der Waals surface area contributed by atoms with Crippen LogP contribution in [0.2, 0.25) is 5.02 Å². The van der Waals surface area contributed by atoms with E-state index in [-0.39, 0.29) is 12.1 Å². The predicted molar refractivity (Wildman–Crippen MR) is 88.6 cm³/mol. The van der Waals surface area contributed by atoms with Gasteiger partial charge in [0.2, 0.25) is 10.0 Å². The number of sulfonamides is 1. The molecule has 0 N–H and O–H groups in total. The van der Waals surface area contributed by atoms with Gasteiger partial charge in [-0.1, -0.05) is 17.7 Å². The van der Waals surface area contributed by atoms with Gasteiger partial charge in [-0.3, -0.25) is 0 Å². The van der Waals surface area contributed by atoms with Gasteiger partial charge in [0.05, 0.1) is 4.90 Å². The van der Waals surface area contributed by atoms with Crippen LogP contribution in [0.3, 0.4) is 0 Å². The van der Waals surface area contributed by atoms with Crippen molar-refractivity contribution < 1.29 is 8.42 Å². The van der Waals surface area contributed by atoms with Crippen molar-refractivity contribution in [3.63, 3.8) is 0 Å². The maximum Gasteiger partial charge on any atom is 0.243 e. The molecule has 1 aromatic rings. The van der Waals surface area contributed by atoms with E-state index in [1.807, 2.05) is 18.7 Å². The Hall–Kier alpha value is -0.230. The van der Waals surface area contributed by atoms with E-state index in [2.05, 4.69) is 6.26 Å². The molecule has 2 aliphatic rings. The molecule has 2 fully saturated rings. The number of fused-ring (bicyclic) bond motifs is 2. The van der Waals surface area contributed by atoms with Crippen LogP contribution in [0, 0.1) is 6.92 Å². The normalized spacial score (nSPS) is 29.8. The highest BCUT2D eigenvalue weighted by Gasteiger charge is 2.46. The quantitative estimate of drug-likeness (QED) is 0.838. The Morgan fingerprint density at radius 3 is 2.38 bits per heavy atom. The molecule has 2 atom stereocenters. The maximum absolute atomic E-state index is 13.0. The van der Waals surface area contributed by atoms with Gasteiger partial charge >= 0.3 is 0 Å². The molecule has 2 unspecified atom stereocenters. The Labute approximate surface area is 136 Å². The Kier molecular flexibility index (Phi) is 4.30. The zero-order valence-corrected chi connectivity index (χ0v) is 14.6. The summed E-state index contributed by atoms with van der Waals surface area (Å²) in [5.74, 6) is 0. The van der Waals surface area contributed by atoms with E-state index in [1.165, 1.54) is 0 Å². The largest absolute Gasteiger partial charge is 0.243 e. The maximum atomic E-state index is 13.0. The van der Waals surface area contributed by atoms with Gasteiger partial charge in [0.25, 0.3) is 0 Å². The SMILES string of the molecule is CSC1CC2CCC(C1)N2S(=O)(=O)c1ccc(C)c(Cl)c1. The number of hydrogen-bond acceptors (Lipinski definition) is 3. The van der Waals surface area contributed by atoms with Crippen molar-refractivity contribution in [2.45, 2.75) is 54.8 Å². The lowest BCUT2D eigenvalue weighted by atomic mass is 10.1. The molecular formula is C15H20ClNO2S2. The molecule has 3 nitrogen and oxygen atoms in total. The smallest absolute Gasteiger partial charge is 0.207 e. The molecule has 1 aromatic carbocycles. The molecule has 2 bridgehead atoms. The fourth-order valence-corrected chi connectivity index (χ4v) is 6.52. The summed E-state index contributed by atoms with van der Waals surface area (Å²) < 4.78 is 27.7. The number of aryl methyl sites for hydroxylation is 1. The molecule has 0 aromatic heterocycles. The van der Waals surface area contributed by atoms with Crippen LogP contribution >= 0.6 is 23.4 Å². The van der Waals surface area contributed by atoms with Crippen LogP contribution in [0.5, 0.6) is 0 Å². The highest BCUT2D eigenvalue weighted by Crippen LogP contribution is 2.42. The topological polar surface area (TPSA) is 37.4 Å². The summed E-state index contributed by atoms with van der Waals surface area (Å²) in [6.07, 6.45) is 6.03. The molecule has 6 heteroatoms. The standard InChI is InChI=1S/C15H20ClNO2S2/c1-10-3-6-14(9-15(10)16)21(18,19)17-11-4-5-12(17)8-13(7-11)20-2/h3,6,9,11-13H,4-5,7-8H2,1-2H3.